The van der Waals surface area contributed by atoms with Crippen molar-refractivity contribution >= 4 is 0 Å². The molecule has 0 amide bonds. The van der Waals surface area contributed by atoms with E-state index in [2.05, 4.69) is 11.0 Å². The summed E-state index contributed by atoms with van der Waals surface area (Å²) in [6.07, 6.45) is -2.49. The van der Waals surface area contributed by atoms with Gasteiger partial charge in [0.05, 0.1) is 18.3 Å². The average molecular weight is 299 g/mol. The molecular weight excluding hydrogens is 279 g/mol. The monoisotopic (exact) mass is 299 g/mol. The minimum atomic E-state index is -4.31. The average Bonchev–Trinajstić information content (AvgIpc) is 2.45. The van der Waals surface area contributed by atoms with Crippen LogP contribution in [0.3, 0.4) is 0 Å². The van der Waals surface area contributed by atoms with E-state index in [-0.39, 0.29) is 6.10 Å². The van der Waals surface area contributed by atoms with Gasteiger partial charge in [-0.3, -0.25) is 4.90 Å². The first-order valence-corrected chi connectivity index (χ1v) is 7.01. The van der Waals surface area contributed by atoms with Gasteiger partial charge in [0.25, 0.3) is 0 Å². The van der Waals surface area contributed by atoms with Crippen LogP contribution in [-0.2, 0) is 10.9 Å². The number of hydrogen-bond donors (Lipinski definition) is 0. The van der Waals surface area contributed by atoms with Gasteiger partial charge in [-0.1, -0.05) is 23.8 Å². The molecule has 116 valence electrons. The quantitative estimate of drug-likeness (QED) is 0.781. The molecule has 0 aromatic heterocycles. The largest absolute Gasteiger partial charge is 0.416 e. The predicted octanol–water partition coefficient (Wildman–Crippen LogP) is 4.04. The lowest BCUT2D eigenvalue weighted by Gasteiger charge is -2.32. The van der Waals surface area contributed by atoms with E-state index in [0.29, 0.717) is 18.7 Å². The molecule has 0 N–H and O–H groups in total. The van der Waals surface area contributed by atoms with Crippen molar-refractivity contribution in [1.82, 2.24) is 4.90 Å². The molecule has 1 atom stereocenters. The maximum atomic E-state index is 12.8. The Morgan fingerprint density at radius 1 is 1.38 bits per heavy atom. The molecule has 0 saturated carbocycles. The zero-order valence-electron chi connectivity index (χ0n) is 12.3. The summed E-state index contributed by atoms with van der Waals surface area (Å²) in [7, 11) is 0. The van der Waals surface area contributed by atoms with Gasteiger partial charge >= 0.3 is 6.18 Å². The fourth-order valence-electron chi connectivity index (χ4n) is 2.30. The van der Waals surface area contributed by atoms with E-state index < -0.39 is 11.7 Å². The lowest BCUT2D eigenvalue weighted by atomic mass is 10.0. The predicted molar refractivity (Wildman–Crippen MR) is 76.0 cm³/mol. The Bertz CT molecular complexity index is 506. The number of nitrogens with zero attached hydrogens (tertiary/aromatic N) is 1. The first-order chi connectivity index (χ1) is 9.86. The molecule has 0 radical (unpaired) electrons. The molecule has 1 aromatic carbocycles. The number of halogens is 3. The van der Waals surface area contributed by atoms with Crippen LogP contribution < -0.4 is 0 Å². The van der Waals surface area contributed by atoms with Gasteiger partial charge in [-0.05, 0) is 31.5 Å². The van der Waals surface area contributed by atoms with E-state index in [1.807, 2.05) is 13.8 Å². The SMILES string of the molecule is CC(C)=CCN1CCOC(c2cccc(C(F)(F)F)c2)C1. The minimum Gasteiger partial charge on any atom is -0.371 e. The molecule has 1 heterocycles. The van der Waals surface area contributed by atoms with Crippen molar-refractivity contribution in [1.29, 1.82) is 0 Å². The van der Waals surface area contributed by atoms with Crippen LogP contribution in [0, 0.1) is 0 Å². The van der Waals surface area contributed by atoms with E-state index in [0.717, 1.165) is 19.2 Å². The van der Waals surface area contributed by atoms with E-state index in [9.17, 15) is 13.2 Å². The topological polar surface area (TPSA) is 12.5 Å². The highest BCUT2D eigenvalue weighted by Crippen LogP contribution is 2.32. The van der Waals surface area contributed by atoms with Crippen LogP contribution in [0.1, 0.15) is 31.1 Å². The molecule has 21 heavy (non-hydrogen) atoms. The molecule has 2 nitrogen and oxygen atoms in total. The standard InChI is InChI=1S/C16H20F3NO/c1-12(2)6-7-20-8-9-21-15(11-20)13-4-3-5-14(10-13)16(17,18)19/h3-6,10,15H,7-9,11H2,1-2H3. The van der Waals surface area contributed by atoms with Crippen LogP contribution in [0.4, 0.5) is 13.2 Å². The molecule has 1 fully saturated rings. The van der Waals surface area contributed by atoms with Crippen LogP contribution >= 0.6 is 0 Å². The molecule has 0 spiro atoms. The molecule has 1 aromatic rings. The first-order valence-electron chi connectivity index (χ1n) is 7.01. The maximum Gasteiger partial charge on any atom is 0.416 e. The molecule has 1 unspecified atom stereocenters. The Kier molecular flexibility index (Phi) is 5.06. The zero-order chi connectivity index (χ0) is 15.5. The summed E-state index contributed by atoms with van der Waals surface area (Å²) in [5, 5.41) is 0. The lowest BCUT2D eigenvalue weighted by molar-refractivity contribution is -0.137. The summed E-state index contributed by atoms with van der Waals surface area (Å²) in [6, 6.07) is 5.42. The van der Waals surface area contributed by atoms with E-state index >= 15 is 0 Å². The Hall–Kier alpha value is -1.33. The molecule has 1 saturated heterocycles. The number of hydrogen-bond acceptors (Lipinski definition) is 2. The van der Waals surface area contributed by atoms with E-state index in [1.54, 1.807) is 6.07 Å². The van der Waals surface area contributed by atoms with Crippen LogP contribution in [0.2, 0.25) is 0 Å². The third-order valence-corrected chi connectivity index (χ3v) is 3.49. The highest BCUT2D eigenvalue weighted by atomic mass is 19.4. The Morgan fingerprint density at radius 2 is 2.14 bits per heavy atom. The number of rotatable bonds is 3. The number of morpholine rings is 1. The van der Waals surface area contributed by atoms with Crippen LogP contribution in [0.25, 0.3) is 0 Å². The number of ether oxygens (including phenoxy) is 1. The van der Waals surface area contributed by atoms with Crippen molar-refractivity contribution in [2.75, 3.05) is 26.2 Å². The summed E-state index contributed by atoms with van der Waals surface area (Å²) in [6.45, 7) is 6.83. The van der Waals surface area contributed by atoms with E-state index in [1.165, 1.54) is 17.7 Å². The summed E-state index contributed by atoms with van der Waals surface area (Å²) < 4.78 is 43.9. The van der Waals surface area contributed by atoms with Gasteiger partial charge in [0.15, 0.2) is 0 Å². The summed E-state index contributed by atoms with van der Waals surface area (Å²) in [4.78, 5) is 2.20. The highest BCUT2D eigenvalue weighted by Gasteiger charge is 2.31. The van der Waals surface area contributed by atoms with Gasteiger partial charge in [-0.2, -0.15) is 13.2 Å². The van der Waals surface area contributed by atoms with Crippen molar-refractivity contribution in [3.8, 4) is 0 Å². The van der Waals surface area contributed by atoms with Crippen molar-refractivity contribution in [2.45, 2.75) is 26.1 Å². The normalized spacial score (nSPS) is 20.3. The summed E-state index contributed by atoms with van der Waals surface area (Å²) >= 11 is 0. The summed E-state index contributed by atoms with van der Waals surface area (Å²) in [5.74, 6) is 0. The van der Waals surface area contributed by atoms with Gasteiger partial charge in [0.2, 0.25) is 0 Å². The number of benzene rings is 1. The molecular formula is C16H20F3NO. The first kappa shape index (κ1) is 16.0. The molecule has 1 aliphatic heterocycles. The molecule has 0 aliphatic carbocycles. The van der Waals surface area contributed by atoms with Gasteiger partial charge in [-0.25, -0.2) is 0 Å². The Morgan fingerprint density at radius 3 is 2.81 bits per heavy atom. The smallest absolute Gasteiger partial charge is 0.371 e. The molecule has 0 bridgehead atoms. The third kappa shape index (κ3) is 4.58. The van der Waals surface area contributed by atoms with Crippen molar-refractivity contribution in [3.05, 3.63) is 47.0 Å². The third-order valence-electron chi connectivity index (χ3n) is 3.49. The summed E-state index contributed by atoms with van der Waals surface area (Å²) in [5.41, 5.74) is 1.20. The number of alkyl halides is 3. The second-order valence-electron chi connectivity index (χ2n) is 5.52. The fourth-order valence-corrected chi connectivity index (χ4v) is 2.30. The maximum absolute atomic E-state index is 12.8. The highest BCUT2D eigenvalue weighted by molar-refractivity contribution is 5.27. The molecule has 5 heteroatoms. The van der Waals surface area contributed by atoms with Gasteiger partial charge < -0.3 is 4.74 Å². The van der Waals surface area contributed by atoms with Crippen LogP contribution in [0.15, 0.2) is 35.9 Å². The number of allylic oxidation sites excluding steroid dienone is 1. The van der Waals surface area contributed by atoms with Crippen molar-refractivity contribution in [3.63, 3.8) is 0 Å². The molecule has 1 aliphatic rings. The van der Waals surface area contributed by atoms with Gasteiger partial charge in [0, 0.05) is 19.6 Å². The van der Waals surface area contributed by atoms with Crippen LogP contribution in [-0.4, -0.2) is 31.1 Å². The second-order valence-corrected chi connectivity index (χ2v) is 5.52. The van der Waals surface area contributed by atoms with Crippen molar-refractivity contribution in [2.24, 2.45) is 0 Å². The van der Waals surface area contributed by atoms with E-state index in [4.69, 9.17) is 4.74 Å². The lowest BCUT2D eigenvalue weighted by Crippen LogP contribution is -2.38. The van der Waals surface area contributed by atoms with Crippen molar-refractivity contribution < 1.29 is 17.9 Å². The minimum absolute atomic E-state index is 0.299. The van der Waals surface area contributed by atoms with Crippen LogP contribution in [0.5, 0.6) is 0 Å². The Balaban J connectivity index is 2.09. The van der Waals surface area contributed by atoms with Gasteiger partial charge in [0.1, 0.15) is 0 Å². The second kappa shape index (κ2) is 6.62. The Labute approximate surface area is 123 Å². The van der Waals surface area contributed by atoms with Gasteiger partial charge in [-0.15, -0.1) is 0 Å². The molecule has 2 rings (SSSR count). The fraction of sp³-hybridized carbons (Fsp3) is 0.500. The zero-order valence-corrected chi connectivity index (χ0v) is 12.3.